The Morgan fingerprint density at radius 2 is 2.23 bits per heavy atom. The van der Waals surface area contributed by atoms with Crippen LogP contribution in [0.2, 0.25) is 0 Å². The Kier molecular flexibility index (Phi) is 4.57. The molecule has 1 amide bonds. The van der Waals surface area contributed by atoms with Gasteiger partial charge >= 0.3 is 0 Å². The second-order valence-electron chi connectivity index (χ2n) is 5.96. The molecule has 0 radical (unpaired) electrons. The highest BCUT2D eigenvalue weighted by Crippen LogP contribution is 2.26. The summed E-state index contributed by atoms with van der Waals surface area (Å²) < 4.78 is 5.15. The van der Waals surface area contributed by atoms with Crippen LogP contribution in [0.15, 0.2) is 10.6 Å². The second kappa shape index (κ2) is 6.60. The minimum absolute atomic E-state index is 0.183. The summed E-state index contributed by atoms with van der Waals surface area (Å²) in [5.74, 6) is 0.783. The summed E-state index contributed by atoms with van der Waals surface area (Å²) in [6.45, 7) is 4.59. The molecule has 0 atom stereocenters. The van der Waals surface area contributed by atoms with Crippen molar-refractivity contribution in [1.82, 2.24) is 15.5 Å². The molecule has 2 heterocycles. The molecule has 2 aromatic rings. The van der Waals surface area contributed by atoms with Crippen molar-refractivity contribution in [3.05, 3.63) is 33.1 Å². The highest BCUT2D eigenvalue weighted by atomic mass is 32.1. The smallest absolute Gasteiger partial charge is 0.273 e. The van der Waals surface area contributed by atoms with E-state index in [4.69, 9.17) is 4.52 Å². The van der Waals surface area contributed by atoms with Crippen LogP contribution >= 0.6 is 11.3 Å². The highest BCUT2D eigenvalue weighted by Gasteiger charge is 2.16. The normalized spacial score (nSPS) is 14.1. The van der Waals surface area contributed by atoms with Crippen molar-refractivity contribution in [1.29, 1.82) is 0 Å². The first kappa shape index (κ1) is 15.2. The zero-order valence-electron chi connectivity index (χ0n) is 13.0. The lowest BCUT2D eigenvalue weighted by Crippen LogP contribution is -2.25. The molecule has 1 aliphatic rings. The third-order valence-electron chi connectivity index (χ3n) is 3.84. The lowest BCUT2D eigenvalue weighted by Gasteiger charge is -2.06. The van der Waals surface area contributed by atoms with E-state index in [2.05, 4.69) is 15.5 Å². The Morgan fingerprint density at radius 1 is 1.41 bits per heavy atom. The van der Waals surface area contributed by atoms with Crippen LogP contribution in [-0.4, -0.2) is 22.6 Å². The van der Waals surface area contributed by atoms with Crippen LogP contribution in [0.4, 0.5) is 0 Å². The first-order valence-corrected chi connectivity index (χ1v) is 8.67. The van der Waals surface area contributed by atoms with Crippen molar-refractivity contribution in [3.8, 4) is 0 Å². The van der Waals surface area contributed by atoms with Crippen LogP contribution in [0.25, 0.3) is 0 Å². The molecular weight excluding hydrogens is 298 g/mol. The maximum atomic E-state index is 12.0. The highest BCUT2D eigenvalue weighted by molar-refractivity contribution is 7.11. The number of carbonyl (C=O) groups excluding carboxylic acids is 1. The van der Waals surface area contributed by atoms with Crippen molar-refractivity contribution in [2.24, 2.45) is 0 Å². The summed E-state index contributed by atoms with van der Waals surface area (Å²) in [4.78, 5) is 18.1. The molecule has 22 heavy (non-hydrogen) atoms. The van der Waals surface area contributed by atoms with Crippen LogP contribution in [0.3, 0.4) is 0 Å². The SMILES string of the molecule is CC(C)c1cc(C(=O)NCCc2nc3c(s2)CCCC3)no1. The third kappa shape index (κ3) is 3.38. The Morgan fingerprint density at radius 3 is 2.95 bits per heavy atom. The number of rotatable bonds is 5. The number of hydrogen-bond acceptors (Lipinski definition) is 5. The Balaban J connectivity index is 1.51. The molecule has 6 heteroatoms. The molecule has 0 saturated carbocycles. The van der Waals surface area contributed by atoms with Gasteiger partial charge in [-0.05, 0) is 25.7 Å². The van der Waals surface area contributed by atoms with Crippen molar-refractivity contribution >= 4 is 17.2 Å². The molecule has 0 aliphatic heterocycles. The predicted molar refractivity (Wildman–Crippen MR) is 85.4 cm³/mol. The Bertz CT molecular complexity index is 637. The van der Waals surface area contributed by atoms with Gasteiger partial charge in [-0.2, -0.15) is 0 Å². The molecule has 0 spiro atoms. The van der Waals surface area contributed by atoms with Gasteiger partial charge in [0, 0.05) is 29.8 Å². The average Bonchev–Trinajstić information content (AvgIpc) is 3.13. The van der Waals surface area contributed by atoms with E-state index < -0.39 is 0 Å². The monoisotopic (exact) mass is 319 g/mol. The van der Waals surface area contributed by atoms with Crippen LogP contribution in [0.5, 0.6) is 0 Å². The van der Waals surface area contributed by atoms with Gasteiger partial charge in [-0.1, -0.05) is 19.0 Å². The van der Waals surface area contributed by atoms with Crippen LogP contribution in [0.1, 0.15) is 64.4 Å². The van der Waals surface area contributed by atoms with E-state index in [0.29, 0.717) is 12.2 Å². The molecule has 0 saturated heterocycles. The lowest BCUT2D eigenvalue weighted by atomic mass is 10.0. The standard InChI is InChI=1S/C16H21N3O2S/c1-10(2)13-9-12(19-21-13)16(20)17-8-7-15-18-11-5-3-4-6-14(11)22-15/h9-10H,3-8H2,1-2H3,(H,17,20). The summed E-state index contributed by atoms with van der Waals surface area (Å²) >= 11 is 1.79. The van der Waals surface area contributed by atoms with Gasteiger partial charge < -0.3 is 9.84 Å². The summed E-state index contributed by atoms with van der Waals surface area (Å²) in [7, 11) is 0. The second-order valence-corrected chi connectivity index (χ2v) is 7.13. The van der Waals surface area contributed by atoms with Crippen LogP contribution in [0, 0.1) is 0 Å². The number of nitrogens with zero attached hydrogens (tertiary/aromatic N) is 2. The number of amides is 1. The molecule has 0 fully saturated rings. The molecule has 0 aromatic carbocycles. The minimum Gasteiger partial charge on any atom is -0.360 e. The fourth-order valence-corrected chi connectivity index (χ4v) is 3.71. The van der Waals surface area contributed by atoms with Crippen molar-refractivity contribution in [2.75, 3.05) is 6.54 Å². The largest absolute Gasteiger partial charge is 0.360 e. The van der Waals surface area contributed by atoms with E-state index in [9.17, 15) is 4.79 Å². The zero-order chi connectivity index (χ0) is 15.5. The first-order chi connectivity index (χ1) is 10.6. The fourth-order valence-electron chi connectivity index (χ4n) is 2.55. The number of thiazole rings is 1. The van der Waals surface area contributed by atoms with Gasteiger partial charge in [0.25, 0.3) is 5.91 Å². The number of nitrogens with one attached hydrogen (secondary N) is 1. The van der Waals surface area contributed by atoms with E-state index in [1.54, 1.807) is 17.4 Å². The van der Waals surface area contributed by atoms with Gasteiger partial charge in [-0.3, -0.25) is 4.79 Å². The van der Waals surface area contributed by atoms with Crippen molar-refractivity contribution in [2.45, 2.75) is 51.9 Å². The number of aryl methyl sites for hydroxylation is 2. The predicted octanol–water partition coefficient (Wildman–Crippen LogP) is 3.11. The Labute approximate surface area is 134 Å². The molecule has 3 rings (SSSR count). The van der Waals surface area contributed by atoms with Crippen LogP contribution < -0.4 is 5.32 Å². The van der Waals surface area contributed by atoms with Gasteiger partial charge in [0.05, 0.1) is 10.7 Å². The molecule has 118 valence electrons. The number of aromatic nitrogens is 2. The third-order valence-corrected chi connectivity index (χ3v) is 5.06. The molecule has 0 unspecified atom stereocenters. The average molecular weight is 319 g/mol. The van der Waals surface area contributed by atoms with Gasteiger partial charge in [0.15, 0.2) is 5.69 Å². The van der Waals surface area contributed by atoms with Gasteiger partial charge in [0.2, 0.25) is 0 Å². The molecule has 1 aliphatic carbocycles. The molecule has 5 nitrogen and oxygen atoms in total. The summed E-state index contributed by atoms with van der Waals surface area (Å²) in [6.07, 6.45) is 5.57. The number of hydrogen-bond donors (Lipinski definition) is 1. The first-order valence-electron chi connectivity index (χ1n) is 7.85. The molecular formula is C16H21N3O2S. The maximum absolute atomic E-state index is 12.0. The van der Waals surface area contributed by atoms with E-state index in [0.717, 1.165) is 30.0 Å². The fraction of sp³-hybridized carbons (Fsp3) is 0.562. The van der Waals surface area contributed by atoms with Gasteiger partial charge in [0.1, 0.15) is 5.76 Å². The number of fused-ring (bicyclic) bond motifs is 1. The van der Waals surface area contributed by atoms with Gasteiger partial charge in [-0.15, -0.1) is 11.3 Å². The quantitative estimate of drug-likeness (QED) is 0.919. The zero-order valence-corrected chi connectivity index (χ0v) is 13.8. The number of carbonyl (C=O) groups is 1. The van der Waals surface area contributed by atoms with E-state index >= 15 is 0 Å². The van der Waals surface area contributed by atoms with E-state index in [1.807, 2.05) is 13.8 Å². The van der Waals surface area contributed by atoms with Crippen molar-refractivity contribution in [3.63, 3.8) is 0 Å². The molecule has 2 aromatic heterocycles. The maximum Gasteiger partial charge on any atom is 0.273 e. The van der Waals surface area contributed by atoms with Gasteiger partial charge in [-0.25, -0.2) is 4.98 Å². The summed E-state index contributed by atoms with van der Waals surface area (Å²) in [6, 6.07) is 1.71. The topological polar surface area (TPSA) is 68.0 Å². The Hall–Kier alpha value is -1.69. The summed E-state index contributed by atoms with van der Waals surface area (Å²) in [5, 5.41) is 7.82. The van der Waals surface area contributed by atoms with Crippen LogP contribution in [-0.2, 0) is 19.3 Å². The van der Waals surface area contributed by atoms with E-state index in [1.165, 1.54) is 23.4 Å². The minimum atomic E-state index is -0.183. The lowest BCUT2D eigenvalue weighted by molar-refractivity contribution is 0.0945. The van der Waals surface area contributed by atoms with E-state index in [-0.39, 0.29) is 11.8 Å². The molecule has 0 bridgehead atoms. The summed E-state index contributed by atoms with van der Waals surface area (Å²) in [5.41, 5.74) is 1.62. The van der Waals surface area contributed by atoms with Crippen molar-refractivity contribution < 1.29 is 9.32 Å². The molecule has 1 N–H and O–H groups in total.